The van der Waals surface area contributed by atoms with Gasteiger partial charge < -0.3 is 15.3 Å². The number of nitrogens with zero attached hydrogens (tertiary/aromatic N) is 2. The van der Waals surface area contributed by atoms with E-state index in [0.29, 0.717) is 5.82 Å². The molecule has 1 aromatic carbocycles. The van der Waals surface area contributed by atoms with Gasteiger partial charge >= 0.3 is 5.97 Å². The van der Waals surface area contributed by atoms with Crippen molar-refractivity contribution >= 4 is 29.1 Å². The zero-order valence-electron chi connectivity index (χ0n) is 12.2. The summed E-state index contributed by atoms with van der Waals surface area (Å²) in [7, 11) is 1.93. The van der Waals surface area contributed by atoms with Gasteiger partial charge in [-0.3, -0.25) is 9.59 Å². The van der Waals surface area contributed by atoms with Crippen LogP contribution in [0.2, 0.25) is 0 Å². The van der Waals surface area contributed by atoms with Gasteiger partial charge in [0.05, 0.1) is 18.3 Å². The molecule has 0 bridgehead atoms. The third kappa shape index (κ3) is 4.31. The lowest BCUT2D eigenvalue weighted by atomic mass is 10.2. The Labute approximate surface area is 128 Å². The maximum Gasteiger partial charge on any atom is 0.303 e. The van der Waals surface area contributed by atoms with Gasteiger partial charge in [0.1, 0.15) is 5.82 Å². The first-order valence-corrected chi connectivity index (χ1v) is 6.83. The highest BCUT2D eigenvalue weighted by molar-refractivity contribution is 5.91. The molecule has 0 radical (unpaired) electrons. The van der Waals surface area contributed by atoms with Crippen LogP contribution in [0.5, 0.6) is 0 Å². The monoisotopic (exact) mass is 299 g/mol. The van der Waals surface area contributed by atoms with Gasteiger partial charge in [-0.1, -0.05) is 18.2 Å². The predicted octanol–water partition coefficient (Wildman–Crippen LogP) is 2.65. The van der Waals surface area contributed by atoms with Crippen LogP contribution in [0.3, 0.4) is 0 Å². The van der Waals surface area contributed by atoms with E-state index < -0.39 is 5.97 Å². The summed E-state index contributed by atoms with van der Waals surface area (Å²) in [6.07, 6.45) is 1.39. The van der Waals surface area contributed by atoms with E-state index in [1.165, 1.54) is 0 Å². The molecule has 0 atom stereocenters. The van der Waals surface area contributed by atoms with E-state index in [1.807, 2.05) is 48.3 Å². The Morgan fingerprint density at radius 2 is 1.82 bits per heavy atom. The molecule has 0 saturated heterocycles. The van der Waals surface area contributed by atoms with E-state index in [9.17, 15) is 9.59 Å². The molecule has 6 nitrogen and oxygen atoms in total. The summed E-state index contributed by atoms with van der Waals surface area (Å²) in [4.78, 5) is 28.1. The molecule has 0 fully saturated rings. The fourth-order valence-electron chi connectivity index (χ4n) is 1.88. The zero-order chi connectivity index (χ0) is 15.9. The van der Waals surface area contributed by atoms with Crippen molar-refractivity contribution < 1.29 is 14.7 Å². The number of carbonyl (C=O) groups excluding carboxylic acids is 1. The number of aliphatic carboxylic acids is 1. The number of anilines is 3. The number of carbonyl (C=O) groups is 2. The molecule has 6 heteroatoms. The van der Waals surface area contributed by atoms with Crippen molar-refractivity contribution in [1.29, 1.82) is 0 Å². The zero-order valence-corrected chi connectivity index (χ0v) is 12.2. The maximum atomic E-state index is 11.5. The van der Waals surface area contributed by atoms with Crippen LogP contribution >= 0.6 is 0 Å². The molecule has 0 unspecified atom stereocenters. The van der Waals surface area contributed by atoms with Gasteiger partial charge in [0.2, 0.25) is 5.91 Å². The summed E-state index contributed by atoms with van der Waals surface area (Å²) in [5, 5.41) is 11.1. The molecule has 114 valence electrons. The van der Waals surface area contributed by atoms with Crippen molar-refractivity contribution in [2.24, 2.45) is 0 Å². The minimum atomic E-state index is -0.997. The number of carboxylic acids is 1. The van der Waals surface area contributed by atoms with Gasteiger partial charge in [-0.25, -0.2) is 4.98 Å². The smallest absolute Gasteiger partial charge is 0.303 e. The molecule has 2 rings (SSSR count). The molecule has 0 saturated carbocycles. The summed E-state index contributed by atoms with van der Waals surface area (Å²) < 4.78 is 0. The molecule has 2 aromatic rings. The average molecular weight is 299 g/mol. The number of rotatable bonds is 6. The van der Waals surface area contributed by atoms with Crippen LogP contribution in [0.4, 0.5) is 17.2 Å². The standard InChI is InChI=1S/C16H17N3O3/c1-19(12-5-3-2-4-6-12)13-7-8-14(17-11-13)18-15(20)9-10-16(21)22/h2-8,11H,9-10H2,1H3,(H,21,22)(H,17,18,20). The van der Waals surface area contributed by atoms with Crippen molar-refractivity contribution in [1.82, 2.24) is 4.98 Å². The molecule has 0 aliphatic carbocycles. The summed E-state index contributed by atoms with van der Waals surface area (Å²) in [6, 6.07) is 13.4. The van der Waals surface area contributed by atoms with E-state index >= 15 is 0 Å². The molecular formula is C16H17N3O3. The van der Waals surface area contributed by atoms with Crippen LogP contribution in [-0.4, -0.2) is 29.0 Å². The van der Waals surface area contributed by atoms with Gasteiger partial charge in [-0.05, 0) is 24.3 Å². The number of para-hydroxylation sites is 1. The lowest BCUT2D eigenvalue weighted by molar-refractivity contribution is -0.138. The number of hydrogen-bond donors (Lipinski definition) is 2. The second-order valence-electron chi connectivity index (χ2n) is 4.74. The molecule has 2 N–H and O–H groups in total. The van der Waals surface area contributed by atoms with Gasteiger partial charge in [0.15, 0.2) is 0 Å². The maximum absolute atomic E-state index is 11.5. The molecule has 0 spiro atoms. The summed E-state index contributed by atoms with van der Waals surface area (Å²) in [5.41, 5.74) is 1.91. The topological polar surface area (TPSA) is 82.5 Å². The highest BCUT2D eigenvalue weighted by atomic mass is 16.4. The second-order valence-corrected chi connectivity index (χ2v) is 4.74. The number of nitrogens with one attached hydrogen (secondary N) is 1. The summed E-state index contributed by atoms with van der Waals surface area (Å²) >= 11 is 0. The van der Waals surface area contributed by atoms with Gasteiger partial charge in [-0.2, -0.15) is 0 Å². The van der Waals surface area contributed by atoms with Gasteiger partial charge in [0.25, 0.3) is 0 Å². The normalized spacial score (nSPS) is 10.0. The third-order valence-electron chi connectivity index (χ3n) is 3.11. The fourth-order valence-corrected chi connectivity index (χ4v) is 1.88. The highest BCUT2D eigenvalue weighted by Gasteiger charge is 2.08. The second kappa shape index (κ2) is 7.21. The minimum absolute atomic E-state index is 0.0668. The van der Waals surface area contributed by atoms with Crippen molar-refractivity contribution in [3.8, 4) is 0 Å². The number of amides is 1. The average Bonchev–Trinajstić information content (AvgIpc) is 2.54. The van der Waals surface area contributed by atoms with E-state index in [4.69, 9.17) is 5.11 Å². The Hall–Kier alpha value is -2.89. The molecule has 1 aromatic heterocycles. The van der Waals surface area contributed by atoms with Crippen LogP contribution in [0.1, 0.15) is 12.8 Å². The summed E-state index contributed by atoms with van der Waals surface area (Å²) in [6.45, 7) is 0. The van der Waals surface area contributed by atoms with Gasteiger partial charge in [-0.15, -0.1) is 0 Å². The van der Waals surface area contributed by atoms with Crippen molar-refractivity contribution in [3.63, 3.8) is 0 Å². The van der Waals surface area contributed by atoms with Gasteiger partial charge in [0, 0.05) is 19.2 Å². The lowest BCUT2D eigenvalue weighted by Gasteiger charge is -2.19. The number of pyridine rings is 1. The Morgan fingerprint density at radius 1 is 1.09 bits per heavy atom. The van der Waals surface area contributed by atoms with E-state index in [2.05, 4.69) is 10.3 Å². The quantitative estimate of drug-likeness (QED) is 0.857. The van der Waals surface area contributed by atoms with Crippen LogP contribution in [0.25, 0.3) is 0 Å². The van der Waals surface area contributed by atoms with E-state index in [1.54, 1.807) is 12.3 Å². The SMILES string of the molecule is CN(c1ccccc1)c1ccc(NC(=O)CCC(=O)O)nc1. The molecule has 22 heavy (non-hydrogen) atoms. The van der Waals surface area contributed by atoms with Crippen molar-refractivity contribution in [2.75, 3.05) is 17.3 Å². The molecule has 1 heterocycles. The Bertz CT molecular complexity index is 641. The molecular weight excluding hydrogens is 282 g/mol. The lowest BCUT2D eigenvalue weighted by Crippen LogP contribution is -2.14. The number of aromatic nitrogens is 1. The predicted molar refractivity (Wildman–Crippen MR) is 84.2 cm³/mol. The Kier molecular flexibility index (Phi) is 5.08. The highest BCUT2D eigenvalue weighted by Crippen LogP contribution is 2.22. The third-order valence-corrected chi connectivity index (χ3v) is 3.11. The van der Waals surface area contributed by atoms with Crippen LogP contribution in [0, 0.1) is 0 Å². The summed E-state index contributed by atoms with van der Waals surface area (Å²) in [5.74, 6) is -0.956. The molecule has 0 aliphatic rings. The minimum Gasteiger partial charge on any atom is -0.481 e. The number of hydrogen-bond acceptors (Lipinski definition) is 4. The van der Waals surface area contributed by atoms with E-state index in [0.717, 1.165) is 11.4 Å². The van der Waals surface area contributed by atoms with E-state index in [-0.39, 0.29) is 18.7 Å². The molecule has 0 aliphatic heterocycles. The fraction of sp³-hybridized carbons (Fsp3) is 0.188. The first kappa shape index (κ1) is 15.5. The van der Waals surface area contributed by atoms with Crippen LogP contribution < -0.4 is 10.2 Å². The first-order chi connectivity index (χ1) is 10.6. The van der Waals surface area contributed by atoms with Crippen LogP contribution in [-0.2, 0) is 9.59 Å². The van der Waals surface area contributed by atoms with Crippen molar-refractivity contribution in [3.05, 3.63) is 48.7 Å². The molecule has 1 amide bonds. The number of carboxylic acid groups (broad SMARTS) is 1. The number of benzene rings is 1. The Morgan fingerprint density at radius 3 is 2.41 bits per heavy atom. The van der Waals surface area contributed by atoms with Crippen LogP contribution in [0.15, 0.2) is 48.7 Å². The van der Waals surface area contributed by atoms with Crippen molar-refractivity contribution in [2.45, 2.75) is 12.8 Å². The largest absolute Gasteiger partial charge is 0.481 e. The first-order valence-electron chi connectivity index (χ1n) is 6.83. The Balaban J connectivity index is 1.98.